The first-order valence-corrected chi connectivity index (χ1v) is 15.3. The van der Waals surface area contributed by atoms with Gasteiger partial charge >= 0.3 is 0 Å². The predicted molar refractivity (Wildman–Crippen MR) is 151 cm³/mol. The smallest absolute Gasteiger partial charge is 0.242 e. The Morgan fingerprint density at radius 3 is 2.34 bits per heavy atom. The molecular weight excluding hydrogens is 502 g/mol. The molecule has 0 spiro atoms. The van der Waals surface area contributed by atoms with E-state index in [1.54, 1.807) is 36.1 Å². The number of nitrogens with zero attached hydrogens (tertiary/aromatic N) is 2. The van der Waals surface area contributed by atoms with Gasteiger partial charge in [0.05, 0.1) is 18.6 Å². The number of ether oxygens (including phenoxy) is 1. The van der Waals surface area contributed by atoms with Crippen LogP contribution in [0.3, 0.4) is 0 Å². The first kappa shape index (κ1) is 29.5. The molecule has 9 heteroatoms. The number of hydrogen-bond donors (Lipinski definition) is 1. The molecule has 1 aliphatic carbocycles. The molecule has 1 unspecified atom stereocenters. The molecule has 8 nitrogen and oxygen atoms in total. The monoisotopic (exact) mass is 543 g/mol. The molecule has 2 aromatic rings. The third kappa shape index (κ3) is 8.21. The maximum atomic E-state index is 13.5. The van der Waals surface area contributed by atoms with Crippen molar-refractivity contribution in [2.24, 2.45) is 0 Å². The van der Waals surface area contributed by atoms with Gasteiger partial charge in [0, 0.05) is 25.6 Å². The molecule has 2 aromatic carbocycles. The number of amides is 2. The van der Waals surface area contributed by atoms with Gasteiger partial charge in [0.25, 0.3) is 0 Å². The lowest BCUT2D eigenvalue weighted by atomic mass is 10.1. The highest BCUT2D eigenvalue weighted by Gasteiger charge is 2.29. The summed E-state index contributed by atoms with van der Waals surface area (Å²) in [6, 6.07) is 14.2. The zero-order valence-corrected chi connectivity index (χ0v) is 23.8. The van der Waals surface area contributed by atoms with Gasteiger partial charge in [-0.15, -0.1) is 0 Å². The van der Waals surface area contributed by atoms with Crippen LogP contribution in [0.2, 0.25) is 0 Å². The normalized spacial score (nSPS) is 14.6. The van der Waals surface area contributed by atoms with Crippen LogP contribution >= 0.6 is 0 Å². The number of nitrogens with one attached hydrogen (secondary N) is 1. The second-order valence-electron chi connectivity index (χ2n) is 9.98. The quantitative estimate of drug-likeness (QED) is 0.404. The van der Waals surface area contributed by atoms with Gasteiger partial charge in [0.15, 0.2) is 0 Å². The van der Waals surface area contributed by atoms with E-state index < -0.39 is 16.1 Å². The maximum absolute atomic E-state index is 13.5. The number of hydrogen-bond acceptors (Lipinski definition) is 5. The molecule has 1 fully saturated rings. The first-order valence-electron chi connectivity index (χ1n) is 13.4. The summed E-state index contributed by atoms with van der Waals surface area (Å²) < 4.78 is 31.8. The van der Waals surface area contributed by atoms with Gasteiger partial charge in [-0.25, -0.2) is 8.42 Å². The topological polar surface area (TPSA) is 96.0 Å². The van der Waals surface area contributed by atoms with E-state index in [0.29, 0.717) is 31.0 Å². The number of carbonyl (C=O) groups is 2. The van der Waals surface area contributed by atoms with Crippen molar-refractivity contribution < 1.29 is 22.7 Å². The van der Waals surface area contributed by atoms with Gasteiger partial charge in [-0.05, 0) is 75.4 Å². The van der Waals surface area contributed by atoms with E-state index in [2.05, 4.69) is 5.32 Å². The van der Waals surface area contributed by atoms with Crippen LogP contribution in [0.1, 0.15) is 63.5 Å². The van der Waals surface area contributed by atoms with Gasteiger partial charge in [-0.3, -0.25) is 13.9 Å². The predicted octanol–water partition coefficient (Wildman–Crippen LogP) is 4.42. The van der Waals surface area contributed by atoms with E-state index in [1.165, 1.54) is 4.31 Å². The number of anilines is 1. The summed E-state index contributed by atoms with van der Waals surface area (Å²) in [5.74, 6) is 0.338. The summed E-state index contributed by atoms with van der Waals surface area (Å²) >= 11 is 0. The minimum Gasteiger partial charge on any atom is -0.494 e. The van der Waals surface area contributed by atoms with E-state index in [4.69, 9.17) is 4.74 Å². The standard InChI is InChI=1S/C29H41N3O5S/c1-5-37-27-18-16-26(17-19-27)32(38(4,35)36)20-10-15-28(33)31(21-24-12-7-6-11-22(24)2)23(3)29(34)30-25-13-8-9-14-25/h6-7,11-12,16-19,23,25H,5,8-10,13-15,20-21H2,1-4H3,(H,30,34). The molecule has 1 N–H and O–H groups in total. The third-order valence-corrected chi connectivity index (χ3v) is 8.25. The van der Waals surface area contributed by atoms with Crippen LogP contribution in [0.4, 0.5) is 5.69 Å². The number of benzene rings is 2. The molecule has 0 aliphatic heterocycles. The Hall–Kier alpha value is -3.07. The van der Waals surface area contributed by atoms with Crippen molar-refractivity contribution in [3.05, 3.63) is 59.7 Å². The molecule has 208 valence electrons. The molecule has 3 rings (SSSR count). The summed E-state index contributed by atoms with van der Waals surface area (Å²) in [4.78, 5) is 28.2. The fourth-order valence-corrected chi connectivity index (χ4v) is 5.79. The lowest BCUT2D eigenvalue weighted by Gasteiger charge is -2.30. The van der Waals surface area contributed by atoms with Gasteiger partial charge in [-0.2, -0.15) is 0 Å². The van der Waals surface area contributed by atoms with Crippen LogP contribution < -0.4 is 14.4 Å². The minimum atomic E-state index is -3.56. The van der Waals surface area contributed by atoms with Crippen LogP contribution in [0, 0.1) is 6.92 Å². The lowest BCUT2D eigenvalue weighted by Crippen LogP contribution is -2.49. The van der Waals surface area contributed by atoms with Crippen molar-refractivity contribution in [1.29, 1.82) is 0 Å². The fraction of sp³-hybridized carbons (Fsp3) is 0.517. The van der Waals surface area contributed by atoms with Crippen molar-refractivity contribution >= 4 is 27.5 Å². The van der Waals surface area contributed by atoms with E-state index in [9.17, 15) is 18.0 Å². The van der Waals surface area contributed by atoms with Crippen LogP contribution in [-0.2, 0) is 26.2 Å². The second-order valence-corrected chi connectivity index (χ2v) is 11.9. The van der Waals surface area contributed by atoms with E-state index >= 15 is 0 Å². The Morgan fingerprint density at radius 1 is 1.08 bits per heavy atom. The summed E-state index contributed by atoms with van der Waals surface area (Å²) in [6.07, 6.45) is 5.75. The Balaban J connectivity index is 1.71. The molecule has 0 heterocycles. The minimum absolute atomic E-state index is 0.121. The first-order chi connectivity index (χ1) is 18.1. The summed E-state index contributed by atoms with van der Waals surface area (Å²) in [5, 5.41) is 3.11. The van der Waals surface area contributed by atoms with E-state index in [-0.39, 0.29) is 30.8 Å². The average molecular weight is 544 g/mol. The van der Waals surface area contributed by atoms with Crippen LogP contribution in [0.5, 0.6) is 5.75 Å². The number of carbonyl (C=O) groups excluding carboxylic acids is 2. The Labute approximate surface area is 227 Å². The van der Waals surface area contributed by atoms with Crippen molar-refractivity contribution in [3.63, 3.8) is 0 Å². The highest BCUT2D eigenvalue weighted by Crippen LogP contribution is 2.23. The molecule has 38 heavy (non-hydrogen) atoms. The molecule has 0 radical (unpaired) electrons. The largest absolute Gasteiger partial charge is 0.494 e. The van der Waals surface area contributed by atoms with E-state index in [1.807, 2.05) is 38.1 Å². The zero-order chi connectivity index (χ0) is 27.7. The lowest BCUT2D eigenvalue weighted by molar-refractivity contribution is -0.141. The third-order valence-electron chi connectivity index (χ3n) is 7.06. The Bertz CT molecular complexity index is 1180. The Morgan fingerprint density at radius 2 is 1.74 bits per heavy atom. The van der Waals surface area contributed by atoms with Crippen molar-refractivity contribution in [2.75, 3.05) is 23.7 Å². The SMILES string of the molecule is CCOc1ccc(N(CCCC(=O)N(Cc2ccccc2C)C(C)C(=O)NC2CCCC2)S(C)(=O)=O)cc1. The number of sulfonamides is 1. The number of rotatable bonds is 13. The average Bonchev–Trinajstić information content (AvgIpc) is 3.39. The Kier molecular flexibility index (Phi) is 10.6. The van der Waals surface area contributed by atoms with Crippen LogP contribution in [0.25, 0.3) is 0 Å². The van der Waals surface area contributed by atoms with Gasteiger partial charge in [-0.1, -0.05) is 37.1 Å². The van der Waals surface area contributed by atoms with Crippen LogP contribution in [-0.4, -0.2) is 56.6 Å². The molecule has 0 bridgehead atoms. The molecule has 0 saturated heterocycles. The van der Waals surface area contributed by atoms with Crippen molar-refractivity contribution in [2.45, 2.75) is 77.9 Å². The molecule has 1 atom stereocenters. The zero-order valence-electron chi connectivity index (χ0n) is 23.0. The number of aryl methyl sites for hydroxylation is 1. The van der Waals surface area contributed by atoms with Gasteiger partial charge in [0.1, 0.15) is 11.8 Å². The van der Waals surface area contributed by atoms with Gasteiger partial charge < -0.3 is 15.0 Å². The van der Waals surface area contributed by atoms with E-state index in [0.717, 1.165) is 43.1 Å². The molecule has 0 aromatic heterocycles. The highest BCUT2D eigenvalue weighted by molar-refractivity contribution is 7.92. The second kappa shape index (κ2) is 13.6. The summed E-state index contributed by atoms with van der Waals surface area (Å²) in [7, 11) is -3.56. The summed E-state index contributed by atoms with van der Waals surface area (Å²) in [6.45, 7) is 6.63. The molecule has 2 amide bonds. The van der Waals surface area contributed by atoms with Crippen LogP contribution in [0.15, 0.2) is 48.5 Å². The van der Waals surface area contributed by atoms with Crippen molar-refractivity contribution in [1.82, 2.24) is 10.2 Å². The molecule has 1 aliphatic rings. The maximum Gasteiger partial charge on any atom is 0.242 e. The molecular formula is C29H41N3O5S. The van der Waals surface area contributed by atoms with Gasteiger partial charge in [0.2, 0.25) is 21.8 Å². The molecule has 1 saturated carbocycles. The highest BCUT2D eigenvalue weighted by atomic mass is 32.2. The summed E-state index contributed by atoms with van der Waals surface area (Å²) in [5.41, 5.74) is 2.55. The van der Waals surface area contributed by atoms with Crippen molar-refractivity contribution in [3.8, 4) is 5.75 Å². The fourth-order valence-electron chi connectivity index (χ4n) is 4.82.